The molecule has 0 radical (unpaired) electrons. The Kier molecular flexibility index (Phi) is 3.71. The van der Waals surface area contributed by atoms with E-state index >= 15 is 0 Å². The van der Waals surface area contributed by atoms with E-state index in [-0.39, 0.29) is 5.75 Å². The second-order valence-electron chi connectivity index (χ2n) is 3.48. The van der Waals surface area contributed by atoms with Gasteiger partial charge in [0.2, 0.25) is 0 Å². The van der Waals surface area contributed by atoms with E-state index in [9.17, 15) is 5.11 Å². The lowest BCUT2D eigenvalue weighted by molar-refractivity contribution is 0.469. The van der Waals surface area contributed by atoms with Crippen LogP contribution in [-0.2, 0) is 6.54 Å². The van der Waals surface area contributed by atoms with Gasteiger partial charge >= 0.3 is 0 Å². The molecule has 0 aliphatic heterocycles. The van der Waals surface area contributed by atoms with Gasteiger partial charge in [-0.2, -0.15) is 0 Å². The number of benzene rings is 1. The van der Waals surface area contributed by atoms with Crippen molar-refractivity contribution in [2.75, 3.05) is 5.32 Å². The van der Waals surface area contributed by atoms with E-state index in [0.717, 1.165) is 0 Å². The van der Waals surface area contributed by atoms with Crippen LogP contribution in [0.5, 0.6) is 5.75 Å². The number of phenolic OH excluding ortho intramolecular Hbond substituents is 1. The number of aromatic hydroxyl groups is 1. The third-order valence-electron chi connectivity index (χ3n) is 2.28. The molecule has 0 unspecified atom stereocenters. The monoisotopic (exact) mass is 268 g/mol. The number of halogens is 2. The smallest absolute Gasteiger partial charge is 0.120 e. The van der Waals surface area contributed by atoms with Crippen LogP contribution in [-0.4, -0.2) is 10.1 Å². The van der Waals surface area contributed by atoms with Crippen molar-refractivity contribution in [3.63, 3.8) is 0 Å². The van der Waals surface area contributed by atoms with Gasteiger partial charge in [-0.1, -0.05) is 23.2 Å². The number of nitrogens with one attached hydrogen (secondary N) is 1. The van der Waals surface area contributed by atoms with Crippen LogP contribution in [0, 0.1) is 0 Å². The average molecular weight is 269 g/mol. The summed E-state index contributed by atoms with van der Waals surface area (Å²) in [4.78, 5) is 3.96. The molecule has 0 fully saturated rings. The molecule has 0 aliphatic rings. The minimum Gasteiger partial charge on any atom is -0.508 e. The lowest BCUT2D eigenvalue weighted by Crippen LogP contribution is -2.00. The van der Waals surface area contributed by atoms with E-state index in [2.05, 4.69) is 10.3 Å². The second kappa shape index (κ2) is 5.25. The Hall–Kier alpha value is -1.45. The summed E-state index contributed by atoms with van der Waals surface area (Å²) < 4.78 is 0. The SMILES string of the molecule is Oc1ccc(Cl)cc1CNc1cnccc1Cl. The van der Waals surface area contributed by atoms with E-state index in [4.69, 9.17) is 23.2 Å². The number of rotatable bonds is 3. The molecule has 0 aliphatic carbocycles. The predicted octanol–water partition coefficient (Wildman–Crippen LogP) is 3.71. The van der Waals surface area contributed by atoms with Crippen molar-refractivity contribution >= 4 is 28.9 Å². The molecule has 88 valence electrons. The molecule has 0 saturated heterocycles. The van der Waals surface area contributed by atoms with Crippen LogP contribution < -0.4 is 5.32 Å². The largest absolute Gasteiger partial charge is 0.508 e. The maximum absolute atomic E-state index is 9.64. The standard InChI is InChI=1S/C12H10Cl2N2O/c13-9-1-2-12(17)8(5-9)6-16-11-7-15-4-3-10(11)14/h1-5,7,16-17H,6H2. The number of pyridine rings is 1. The lowest BCUT2D eigenvalue weighted by atomic mass is 10.2. The molecule has 1 aromatic carbocycles. The van der Waals surface area contributed by atoms with Gasteiger partial charge in [0.05, 0.1) is 16.9 Å². The maximum atomic E-state index is 9.64. The zero-order chi connectivity index (χ0) is 12.3. The molecule has 1 aromatic heterocycles. The zero-order valence-electron chi connectivity index (χ0n) is 8.82. The fraction of sp³-hybridized carbons (Fsp3) is 0.0833. The minimum atomic E-state index is 0.196. The highest BCUT2D eigenvalue weighted by Gasteiger charge is 2.03. The number of hydrogen-bond acceptors (Lipinski definition) is 3. The number of nitrogens with zero attached hydrogens (tertiary/aromatic N) is 1. The first-order valence-corrected chi connectivity index (χ1v) is 5.73. The van der Waals surface area contributed by atoms with Crippen LogP contribution in [0.3, 0.4) is 0 Å². The van der Waals surface area contributed by atoms with Crippen LogP contribution in [0.1, 0.15) is 5.56 Å². The summed E-state index contributed by atoms with van der Waals surface area (Å²) in [5.41, 5.74) is 1.42. The van der Waals surface area contributed by atoms with Crippen molar-refractivity contribution in [2.24, 2.45) is 0 Å². The van der Waals surface area contributed by atoms with Gasteiger partial charge in [0.25, 0.3) is 0 Å². The third kappa shape index (κ3) is 3.02. The van der Waals surface area contributed by atoms with Crippen molar-refractivity contribution in [1.29, 1.82) is 0 Å². The summed E-state index contributed by atoms with van der Waals surface area (Å²) in [6.45, 7) is 0.428. The molecule has 17 heavy (non-hydrogen) atoms. The fourth-order valence-electron chi connectivity index (χ4n) is 1.39. The van der Waals surface area contributed by atoms with Crippen LogP contribution in [0.15, 0.2) is 36.7 Å². The molecule has 2 aromatic rings. The van der Waals surface area contributed by atoms with Crippen molar-refractivity contribution in [2.45, 2.75) is 6.54 Å². The Bertz CT molecular complexity index is 532. The summed E-state index contributed by atoms with van der Waals surface area (Å²) in [6, 6.07) is 6.59. The highest BCUT2D eigenvalue weighted by Crippen LogP contribution is 2.24. The molecule has 5 heteroatoms. The number of phenols is 1. The summed E-state index contributed by atoms with van der Waals surface area (Å²) in [5, 5.41) is 13.9. The van der Waals surface area contributed by atoms with E-state index in [0.29, 0.717) is 27.8 Å². The first-order valence-electron chi connectivity index (χ1n) is 4.97. The van der Waals surface area contributed by atoms with Crippen molar-refractivity contribution in [3.05, 3.63) is 52.3 Å². The Morgan fingerprint density at radius 1 is 1.24 bits per heavy atom. The molecule has 0 spiro atoms. The Morgan fingerprint density at radius 3 is 2.82 bits per heavy atom. The average Bonchev–Trinajstić information content (AvgIpc) is 2.32. The van der Waals surface area contributed by atoms with Crippen molar-refractivity contribution in [1.82, 2.24) is 4.98 Å². The molecule has 0 atom stereocenters. The normalized spacial score (nSPS) is 10.2. The molecule has 0 saturated carbocycles. The van der Waals surface area contributed by atoms with Gasteiger partial charge in [-0.05, 0) is 24.3 Å². The van der Waals surface area contributed by atoms with E-state index in [1.165, 1.54) is 0 Å². The van der Waals surface area contributed by atoms with Crippen molar-refractivity contribution in [3.8, 4) is 5.75 Å². The van der Waals surface area contributed by atoms with Crippen LogP contribution in [0.2, 0.25) is 10.0 Å². The summed E-state index contributed by atoms with van der Waals surface area (Å²) >= 11 is 11.8. The van der Waals surface area contributed by atoms with Crippen LogP contribution in [0.25, 0.3) is 0 Å². The first-order chi connectivity index (χ1) is 8.16. The third-order valence-corrected chi connectivity index (χ3v) is 2.84. The van der Waals surface area contributed by atoms with Crippen molar-refractivity contribution < 1.29 is 5.11 Å². The van der Waals surface area contributed by atoms with Gasteiger partial charge in [-0.3, -0.25) is 4.98 Å². The van der Waals surface area contributed by atoms with E-state index in [1.807, 2.05) is 0 Å². The van der Waals surface area contributed by atoms with Gasteiger partial charge in [0, 0.05) is 23.3 Å². The topological polar surface area (TPSA) is 45.1 Å². The molecular weight excluding hydrogens is 259 g/mol. The lowest BCUT2D eigenvalue weighted by Gasteiger charge is -2.09. The minimum absolute atomic E-state index is 0.196. The quantitative estimate of drug-likeness (QED) is 0.892. The van der Waals surface area contributed by atoms with E-state index < -0.39 is 0 Å². The Labute approximate surface area is 109 Å². The fourth-order valence-corrected chi connectivity index (χ4v) is 1.76. The molecule has 0 amide bonds. The molecule has 2 rings (SSSR count). The number of anilines is 1. The second-order valence-corrected chi connectivity index (χ2v) is 4.33. The van der Waals surface area contributed by atoms with Gasteiger partial charge in [-0.25, -0.2) is 0 Å². The Morgan fingerprint density at radius 2 is 2.06 bits per heavy atom. The molecule has 1 heterocycles. The summed E-state index contributed by atoms with van der Waals surface area (Å²) in [6.07, 6.45) is 3.24. The summed E-state index contributed by atoms with van der Waals surface area (Å²) in [7, 11) is 0. The van der Waals surface area contributed by atoms with Gasteiger partial charge in [0.15, 0.2) is 0 Å². The zero-order valence-corrected chi connectivity index (χ0v) is 10.3. The molecule has 2 N–H and O–H groups in total. The van der Waals surface area contributed by atoms with Gasteiger partial charge in [0.1, 0.15) is 5.75 Å². The predicted molar refractivity (Wildman–Crippen MR) is 69.7 cm³/mol. The maximum Gasteiger partial charge on any atom is 0.120 e. The van der Waals surface area contributed by atoms with Gasteiger partial charge in [-0.15, -0.1) is 0 Å². The highest BCUT2D eigenvalue weighted by atomic mass is 35.5. The molecular formula is C12H10Cl2N2O. The first kappa shape index (κ1) is 12.0. The Balaban J connectivity index is 2.12. The highest BCUT2D eigenvalue weighted by molar-refractivity contribution is 6.33. The number of hydrogen-bond donors (Lipinski definition) is 2. The van der Waals surface area contributed by atoms with Crippen LogP contribution >= 0.6 is 23.2 Å². The van der Waals surface area contributed by atoms with E-state index in [1.54, 1.807) is 36.7 Å². The summed E-state index contributed by atoms with van der Waals surface area (Å²) in [5.74, 6) is 0.196. The van der Waals surface area contributed by atoms with Crippen LogP contribution in [0.4, 0.5) is 5.69 Å². The van der Waals surface area contributed by atoms with Gasteiger partial charge < -0.3 is 10.4 Å². The number of aromatic nitrogens is 1. The molecule has 3 nitrogen and oxygen atoms in total. The molecule has 0 bridgehead atoms.